The van der Waals surface area contributed by atoms with Crippen molar-refractivity contribution in [3.05, 3.63) is 40.8 Å². The van der Waals surface area contributed by atoms with Crippen molar-refractivity contribution in [1.82, 2.24) is 9.88 Å². The number of ether oxygens (including phenoxy) is 1. The summed E-state index contributed by atoms with van der Waals surface area (Å²) in [5.41, 5.74) is 1.52. The summed E-state index contributed by atoms with van der Waals surface area (Å²) in [6, 6.07) is 8.96. The van der Waals surface area contributed by atoms with Gasteiger partial charge in [-0.2, -0.15) is 0 Å². The second-order valence-electron chi connectivity index (χ2n) is 6.61. The van der Waals surface area contributed by atoms with Crippen molar-refractivity contribution in [2.45, 2.75) is 11.8 Å². The molecule has 0 atom stereocenters. The number of nitrogens with zero attached hydrogens (tertiary/aromatic N) is 2. The van der Waals surface area contributed by atoms with Crippen LogP contribution in [0, 0.1) is 0 Å². The normalized spacial score (nSPS) is 13.6. The lowest BCUT2D eigenvalue weighted by Crippen LogP contribution is -2.35. The Balaban J connectivity index is 1.80. The zero-order chi connectivity index (χ0) is 19.9. The predicted octanol–water partition coefficient (Wildman–Crippen LogP) is 2.31. The lowest BCUT2D eigenvalue weighted by Gasteiger charge is -2.18. The Morgan fingerprint density at radius 3 is 2.82 bits per heavy atom. The smallest absolute Gasteiger partial charge is 0.188 e. The first-order chi connectivity index (χ1) is 13.4. The van der Waals surface area contributed by atoms with Crippen LogP contribution in [0.4, 0.5) is 10.8 Å². The average molecular weight is 416 g/mol. The summed E-state index contributed by atoms with van der Waals surface area (Å²) in [6.45, 7) is 3.97. The Morgan fingerprint density at radius 2 is 2.11 bits per heavy atom. The number of nitrogens with one attached hydrogen (secondary N) is 1. The SMILES string of the molecule is CCN1C=c2c(ccc3sc(Nc4cc(S(C)(=O)=O)ccc4OC)nc23)=CC1. The second kappa shape index (κ2) is 7.10. The van der Waals surface area contributed by atoms with Crippen LogP contribution in [0.1, 0.15) is 6.92 Å². The first-order valence-corrected chi connectivity index (χ1v) is 11.6. The highest BCUT2D eigenvalue weighted by Gasteiger charge is 2.14. The molecule has 0 amide bonds. The van der Waals surface area contributed by atoms with E-state index in [2.05, 4.69) is 41.5 Å². The van der Waals surface area contributed by atoms with Crippen molar-refractivity contribution in [3.8, 4) is 5.75 Å². The van der Waals surface area contributed by atoms with Gasteiger partial charge < -0.3 is 15.0 Å². The summed E-state index contributed by atoms with van der Waals surface area (Å²) in [4.78, 5) is 7.26. The molecule has 6 nitrogen and oxygen atoms in total. The van der Waals surface area contributed by atoms with E-state index in [0.29, 0.717) is 16.6 Å². The summed E-state index contributed by atoms with van der Waals surface area (Å²) in [6.07, 6.45) is 5.56. The minimum absolute atomic E-state index is 0.232. The van der Waals surface area contributed by atoms with Crippen LogP contribution in [-0.4, -0.2) is 44.8 Å². The van der Waals surface area contributed by atoms with Gasteiger partial charge in [0, 0.05) is 30.8 Å². The molecule has 0 aliphatic carbocycles. The molecule has 1 aliphatic rings. The number of hydrogen-bond donors (Lipinski definition) is 1. The van der Waals surface area contributed by atoms with E-state index in [-0.39, 0.29) is 4.90 Å². The fraction of sp³-hybridized carbons (Fsp3) is 0.250. The van der Waals surface area contributed by atoms with Crippen LogP contribution in [0.2, 0.25) is 0 Å². The maximum atomic E-state index is 11.9. The quantitative estimate of drug-likeness (QED) is 0.690. The molecule has 2 heterocycles. The lowest BCUT2D eigenvalue weighted by atomic mass is 10.2. The third kappa shape index (κ3) is 3.45. The molecule has 8 heteroatoms. The number of methoxy groups -OCH3 is 1. The number of thiazole rings is 1. The summed E-state index contributed by atoms with van der Waals surface area (Å²) < 4.78 is 30.3. The highest BCUT2D eigenvalue weighted by molar-refractivity contribution is 7.90. The third-order valence-electron chi connectivity index (χ3n) is 4.74. The molecular formula is C20H21N3O3S2. The van der Waals surface area contributed by atoms with Crippen LogP contribution >= 0.6 is 11.3 Å². The number of anilines is 2. The molecule has 0 unspecified atom stereocenters. The van der Waals surface area contributed by atoms with Crippen molar-refractivity contribution in [3.63, 3.8) is 0 Å². The maximum Gasteiger partial charge on any atom is 0.188 e. The molecule has 0 fully saturated rings. The molecule has 3 aromatic rings. The van der Waals surface area contributed by atoms with Crippen molar-refractivity contribution < 1.29 is 13.2 Å². The zero-order valence-corrected chi connectivity index (χ0v) is 17.5. The molecule has 1 N–H and O–H groups in total. The topological polar surface area (TPSA) is 71.5 Å². The molecule has 2 aromatic carbocycles. The van der Waals surface area contributed by atoms with Crippen molar-refractivity contribution in [2.75, 3.05) is 31.8 Å². The Kier molecular flexibility index (Phi) is 4.76. The van der Waals surface area contributed by atoms with E-state index in [1.54, 1.807) is 19.2 Å². The van der Waals surface area contributed by atoms with Crippen LogP contribution < -0.4 is 20.5 Å². The van der Waals surface area contributed by atoms with E-state index in [0.717, 1.165) is 28.5 Å². The molecule has 0 saturated heterocycles. The van der Waals surface area contributed by atoms with Crippen LogP contribution in [0.15, 0.2) is 35.2 Å². The van der Waals surface area contributed by atoms with Crippen LogP contribution in [0.5, 0.6) is 5.75 Å². The standard InChI is InChI=1S/C20H21N3O3S2/c1-4-23-10-9-13-5-8-18-19(15(13)12-23)22-20(27-18)21-16-11-14(28(3,24)25)6-7-17(16)26-2/h5-9,11-12H,4,10H2,1-3H3,(H,21,22). The van der Waals surface area contributed by atoms with Gasteiger partial charge in [-0.15, -0.1) is 0 Å². The molecule has 28 heavy (non-hydrogen) atoms. The fourth-order valence-corrected chi connectivity index (χ4v) is 4.74. The number of aromatic nitrogens is 1. The molecule has 4 rings (SSSR count). The van der Waals surface area contributed by atoms with Gasteiger partial charge in [0.1, 0.15) is 5.75 Å². The van der Waals surface area contributed by atoms with Crippen LogP contribution in [-0.2, 0) is 9.84 Å². The van der Waals surface area contributed by atoms with E-state index in [1.807, 2.05) is 0 Å². The average Bonchev–Trinajstić information content (AvgIpc) is 3.09. The van der Waals surface area contributed by atoms with E-state index in [4.69, 9.17) is 9.72 Å². The Hall–Kier alpha value is -2.58. The molecule has 0 saturated carbocycles. The molecule has 1 aliphatic heterocycles. The largest absolute Gasteiger partial charge is 0.495 e. The molecule has 0 bridgehead atoms. The summed E-state index contributed by atoms with van der Waals surface area (Å²) in [7, 11) is -1.76. The number of benzene rings is 2. The zero-order valence-electron chi connectivity index (χ0n) is 15.9. The van der Waals surface area contributed by atoms with Gasteiger partial charge >= 0.3 is 0 Å². The third-order valence-corrected chi connectivity index (χ3v) is 6.78. The van der Waals surface area contributed by atoms with Gasteiger partial charge in [-0.1, -0.05) is 23.5 Å². The Morgan fingerprint density at radius 1 is 1.29 bits per heavy atom. The Bertz CT molecular complexity index is 1280. The van der Waals surface area contributed by atoms with Gasteiger partial charge in [0.2, 0.25) is 0 Å². The minimum atomic E-state index is -3.32. The number of fused-ring (bicyclic) bond motifs is 3. The Labute approximate surface area is 167 Å². The first kappa shape index (κ1) is 18.8. The van der Waals surface area contributed by atoms with E-state index in [1.165, 1.54) is 28.9 Å². The second-order valence-corrected chi connectivity index (χ2v) is 9.66. The maximum absolute atomic E-state index is 11.9. The van der Waals surface area contributed by atoms with Gasteiger partial charge in [0.25, 0.3) is 0 Å². The lowest BCUT2D eigenvalue weighted by molar-refractivity contribution is 0.416. The number of hydrogen-bond acceptors (Lipinski definition) is 7. The monoisotopic (exact) mass is 415 g/mol. The number of sulfone groups is 1. The van der Waals surface area contributed by atoms with Gasteiger partial charge in [-0.25, -0.2) is 13.4 Å². The number of rotatable bonds is 5. The van der Waals surface area contributed by atoms with Crippen LogP contribution in [0.25, 0.3) is 22.5 Å². The minimum Gasteiger partial charge on any atom is -0.495 e. The summed E-state index contributed by atoms with van der Waals surface area (Å²) in [5, 5.41) is 6.23. The van der Waals surface area contributed by atoms with Crippen LogP contribution in [0.3, 0.4) is 0 Å². The van der Waals surface area contributed by atoms with E-state index in [9.17, 15) is 8.42 Å². The van der Waals surface area contributed by atoms with Gasteiger partial charge in [0.05, 0.1) is 27.9 Å². The highest BCUT2D eigenvalue weighted by Crippen LogP contribution is 2.33. The van der Waals surface area contributed by atoms with Crippen molar-refractivity contribution in [2.24, 2.45) is 0 Å². The summed E-state index contributed by atoms with van der Waals surface area (Å²) in [5.74, 6) is 0.561. The van der Waals surface area contributed by atoms with E-state index < -0.39 is 9.84 Å². The predicted molar refractivity (Wildman–Crippen MR) is 114 cm³/mol. The fourth-order valence-electron chi connectivity index (χ4n) is 3.20. The highest BCUT2D eigenvalue weighted by atomic mass is 32.2. The van der Waals surface area contributed by atoms with E-state index >= 15 is 0 Å². The van der Waals surface area contributed by atoms with Gasteiger partial charge in [-0.3, -0.25) is 0 Å². The molecule has 0 spiro atoms. The first-order valence-electron chi connectivity index (χ1n) is 8.90. The molecule has 146 valence electrons. The summed E-state index contributed by atoms with van der Waals surface area (Å²) >= 11 is 1.53. The van der Waals surface area contributed by atoms with Gasteiger partial charge in [0.15, 0.2) is 15.0 Å². The molecular weight excluding hydrogens is 394 g/mol. The molecule has 0 radical (unpaired) electrons. The van der Waals surface area contributed by atoms with Crippen molar-refractivity contribution in [1.29, 1.82) is 0 Å². The van der Waals surface area contributed by atoms with Crippen molar-refractivity contribution >= 4 is 54.5 Å². The molecule has 1 aromatic heterocycles. The van der Waals surface area contributed by atoms with Gasteiger partial charge in [-0.05, 0) is 36.4 Å².